The van der Waals surface area contributed by atoms with Crippen LogP contribution in [0.2, 0.25) is 0 Å². The van der Waals surface area contributed by atoms with E-state index in [0.717, 1.165) is 37.9 Å². The average Bonchev–Trinajstić information content (AvgIpc) is 2.48. The van der Waals surface area contributed by atoms with Crippen molar-refractivity contribution in [1.29, 1.82) is 0 Å². The second-order valence-electron chi connectivity index (χ2n) is 5.54. The van der Waals surface area contributed by atoms with Gasteiger partial charge in [-0.3, -0.25) is 4.79 Å². The van der Waals surface area contributed by atoms with Gasteiger partial charge >= 0.3 is 0 Å². The van der Waals surface area contributed by atoms with Crippen molar-refractivity contribution in [1.82, 2.24) is 4.90 Å². The van der Waals surface area contributed by atoms with Gasteiger partial charge in [0.15, 0.2) is 0 Å². The maximum atomic E-state index is 12.3. The van der Waals surface area contributed by atoms with Gasteiger partial charge in [0, 0.05) is 19.0 Å². The predicted molar refractivity (Wildman–Crippen MR) is 82.8 cm³/mol. The van der Waals surface area contributed by atoms with Crippen LogP contribution < -0.4 is 5.73 Å². The maximum absolute atomic E-state index is 12.3. The number of amides is 1. The summed E-state index contributed by atoms with van der Waals surface area (Å²) in [5.74, 6) is 1.46. The number of alkyl halides is 1. The first-order valence-electron chi connectivity index (χ1n) is 7.35. The normalized spacial score (nSPS) is 18.0. The van der Waals surface area contributed by atoms with Gasteiger partial charge in [0.1, 0.15) is 0 Å². The number of piperidine rings is 1. The van der Waals surface area contributed by atoms with Gasteiger partial charge in [0.25, 0.3) is 0 Å². The number of halogens is 1. The van der Waals surface area contributed by atoms with E-state index in [-0.39, 0.29) is 5.91 Å². The van der Waals surface area contributed by atoms with Crippen LogP contribution in [0.4, 0.5) is 0 Å². The van der Waals surface area contributed by atoms with Crippen molar-refractivity contribution >= 4 is 17.5 Å². The molecule has 1 aromatic rings. The highest BCUT2D eigenvalue weighted by molar-refractivity contribution is 6.17. The fourth-order valence-corrected chi connectivity index (χ4v) is 3.09. The monoisotopic (exact) mass is 294 g/mol. The summed E-state index contributed by atoms with van der Waals surface area (Å²) in [4.78, 5) is 14.3. The molecule has 2 N–H and O–H groups in total. The zero-order valence-electron chi connectivity index (χ0n) is 11.8. The summed E-state index contributed by atoms with van der Waals surface area (Å²) >= 11 is 5.77. The lowest BCUT2D eigenvalue weighted by molar-refractivity contribution is -0.134. The van der Waals surface area contributed by atoms with Crippen molar-refractivity contribution in [2.45, 2.75) is 31.7 Å². The molecule has 0 aliphatic carbocycles. The van der Waals surface area contributed by atoms with Crippen LogP contribution in [0.1, 0.15) is 24.8 Å². The van der Waals surface area contributed by atoms with E-state index in [1.54, 1.807) is 0 Å². The van der Waals surface area contributed by atoms with Crippen molar-refractivity contribution < 1.29 is 4.79 Å². The highest BCUT2D eigenvalue weighted by Crippen LogP contribution is 2.21. The van der Waals surface area contributed by atoms with Crippen LogP contribution in [0.25, 0.3) is 0 Å². The number of hydrogen-bond acceptors (Lipinski definition) is 2. The SMILES string of the molecule is N[C@@H](Cc1ccccc1)C(=O)N1CCC(CCCl)CC1. The molecule has 0 aromatic heterocycles. The number of hydrogen-bond donors (Lipinski definition) is 1. The van der Waals surface area contributed by atoms with Gasteiger partial charge in [-0.1, -0.05) is 30.3 Å². The number of nitrogens with two attached hydrogens (primary N) is 1. The van der Waals surface area contributed by atoms with E-state index in [1.807, 2.05) is 35.2 Å². The van der Waals surface area contributed by atoms with E-state index < -0.39 is 6.04 Å². The van der Waals surface area contributed by atoms with Crippen LogP contribution in [-0.4, -0.2) is 35.8 Å². The average molecular weight is 295 g/mol. The molecular weight excluding hydrogens is 272 g/mol. The lowest BCUT2D eigenvalue weighted by atomic mass is 9.93. The Labute approximate surface area is 126 Å². The summed E-state index contributed by atoms with van der Waals surface area (Å²) in [6.45, 7) is 1.64. The van der Waals surface area contributed by atoms with E-state index in [1.165, 1.54) is 0 Å². The maximum Gasteiger partial charge on any atom is 0.239 e. The Bertz CT molecular complexity index is 416. The van der Waals surface area contributed by atoms with E-state index in [4.69, 9.17) is 17.3 Å². The Kier molecular flexibility index (Phi) is 5.86. The molecule has 20 heavy (non-hydrogen) atoms. The molecule has 1 aliphatic heterocycles. The summed E-state index contributed by atoms with van der Waals surface area (Å²) in [5.41, 5.74) is 7.18. The van der Waals surface area contributed by atoms with Crippen molar-refractivity contribution in [3.05, 3.63) is 35.9 Å². The number of nitrogens with zero attached hydrogens (tertiary/aromatic N) is 1. The second-order valence-corrected chi connectivity index (χ2v) is 5.92. The highest BCUT2D eigenvalue weighted by atomic mass is 35.5. The molecule has 0 bridgehead atoms. The topological polar surface area (TPSA) is 46.3 Å². The number of rotatable bonds is 5. The molecule has 0 unspecified atom stereocenters. The number of likely N-dealkylation sites (tertiary alicyclic amines) is 1. The van der Waals surface area contributed by atoms with E-state index in [2.05, 4.69) is 0 Å². The first kappa shape index (κ1) is 15.3. The number of carbonyl (C=O) groups excluding carboxylic acids is 1. The summed E-state index contributed by atoms with van der Waals surface area (Å²) in [6, 6.07) is 9.52. The largest absolute Gasteiger partial charge is 0.341 e. The summed E-state index contributed by atoms with van der Waals surface area (Å²) in [6.07, 6.45) is 3.77. The minimum Gasteiger partial charge on any atom is -0.341 e. The fourth-order valence-electron chi connectivity index (χ4n) is 2.79. The minimum atomic E-state index is -0.429. The number of carbonyl (C=O) groups is 1. The van der Waals surface area contributed by atoms with Gasteiger partial charge < -0.3 is 10.6 Å². The molecule has 0 spiro atoms. The smallest absolute Gasteiger partial charge is 0.239 e. The fraction of sp³-hybridized carbons (Fsp3) is 0.562. The van der Waals surface area contributed by atoms with Gasteiger partial charge in [-0.2, -0.15) is 0 Å². The summed E-state index contributed by atoms with van der Waals surface area (Å²) < 4.78 is 0. The van der Waals surface area contributed by atoms with Crippen molar-refractivity contribution in [2.75, 3.05) is 19.0 Å². The number of benzene rings is 1. The molecule has 3 nitrogen and oxygen atoms in total. The first-order chi connectivity index (χ1) is 9.70. The molecular formula is C16H23ClN2O. The van der Waals surface area contributed by atoms with E-state index in [9.17, 15) is 4.79 Å². The summed E-state index contributed by atoms with van der Waals surface area (Å²) in [7, 11) is 0. The molecule has 1 heterocycles. The Morgan fingerprint density at radius 2 is 1.95 bits per heavy atom. The Morgan fingerprint density at radius 3 is 2.55 bits per heavy atom. The van der Waals surface area contributed by atoms with Gasteiger partial charge in [-0.15, -0.1) is 11.6 Å². The van der Waals surface area contributed by atoms with E-state index in [0.29, 0.717) is 18.2 Å². The zero-order chi connectivity index (χ0) is 14.4. The molecule has 1 aromatic carbocycles. The van der Waals surface area contributed by atoms with Crippen LogP contribution in [0.5, 0.6) is 0 Å². The van der Waals surface area contributed by atoms with Crippen LogP contribution in [0.3, 0.4) is 0 Å². The van der Waals surface area contributed by atoms with Crippen LogP contribution in [0.15, 0.2) is 30.3 Å². The molecule has 1 saturated heterocycles. The van der Waals surface area contributed by atoms with Crippen LogP contribution in [0, 0.1) is 5.92 Å². The van der Waals surface area contributed by atoms with Crippen molar-refractivity contribution in [2.24, 2.45) is 11.7 Å². The third-order valence-corrected chi connectivity index (χ3v) is 4.28. The van der Waals surface area contributed by atoms with Crippen molar-refractivity contribution in [3.8, 4) is 0 Å². The first-order valence-corrected chi connectivity index (χ1v) is 7.88. The van der Waals surface area contributed by atoms with Gasteiger partial charge in [-0.25, -0.2) is 0 Å². The van der Waals surface area contributed by atoms with E-state index >= 15 is 0 Å². The molecule has 1 amide bonds. The standard InChI is InChI=1S/C16H23ClN2O/c17-9-6-13-7-10-19(11-8-13)16(20)15(18)12-14-4-2-1-3-5-14/h1-5,13,15H,6-12,18H2/t15-/m0/s1. The quantitative estimate of drug-likeness (QED) is 0.848. The lowest BCUT2D eigenvalue weighted by Crippen LogP contribution is -2.48. The molecule has 110 valence electrons. The highest BCUT2D eigenvalue weighted by Gasteiger charge is 2.26. The molecule has 2 rings (SSSR count). The van der Waals surface area contributed by atoms with Gasteiger partial charge in [-0.05, 0) is 37.2 Å². The zero-order valence-corrected chi connectivity index (χ0v) is 12.6. The minimum absolute atomic E-state index is 0.0816. The molecule has 1 fully saturated rings. The van der Waals surface area contributed by atoms with Crippen molar-refractivity contribution in [3.63, 3.8) is 0 Å². The third kappa shape index (κ3) is 4.22. The molecule has 4 heteroatoms. The molecule has 1 atom stereocenters. The lowest BCUT2D eigenvalue weighted by Gasteiger charge is -2.33. The van der Waals surface area contributed by atoms with Gasteiger partial charge in [0.2, 0.25) is 5.91 Å². The van der Waals surface area contributed by atoms with Crippen LogP contribution >= 0.6 is 11.6 Å². The predicted octanol–water partition coefficient (Wildman–Crippen LogP) is 2.42. The Balaban J connectivity index is 1.82. The summed E-state index contributed by atoms with van der Waals surface area (Å²) in [5, 5.41) is 0. The van der Waals surface area contributed by atoms with Crippen LogP contribution in [-0.2, 0) is 11.2 Å². The molecule has 1 aliphatic rings. The Hall–Kier alpha value is -1.06. The Morgan fingerprint density at radius 1 is 1.30 bits per heavy atom. The molecule has 0 saturated carbocycles. The van der Waals surface area contributed by atoms with Gasteiger partial charge in [0.05, 0.1) is 6.04 Å². The molecule has 0 radical (unpaired) electrons. The third-order valence-electron chi connectivity index (χ3n) is 4.06. The second kappa shape index (κ2) is 7.65.